The highest BCUT2D eigenvalue weighted by molar-refractivity contribution is 4.70. The van der Waals surface area contributed by atoms with E-state index >= 15 is 0 Å². The molecule has 16 heavy (non-hydrogen) atoms. The van der Waals surface area contributed by atoms with Crippen molar-refractivity contribution in [2.24, 2.45) is 11.1 Å². The summed E-state index contributed by atoms with van der Waals surface area (Å²) in [5.41, 5.74) is 5.98. The van der Waals surface area contributed by atoms with Gasteiger partial charge in [0.2, 0.25) is 0 Å². The molecule has 0 spiro atoms. The average Bonchev–Trinajstić information content (AvgIpc) is 2.22. The first-order valence-corrected chi connectivity index (χ1v) is 6.48. The van der Waals surface area contributed by atoms with Crippen LogP contribution in [0.1, 0.15) is 47.0 Å². The highest BCUT2D eigenvalue weighted by atomic mass is 16.3. The lowest BCUT2D eigenvalue weighted by Crippen LogP contribution is -2.34. The summed E-state index contributed by atoms with van der Waals surface area (Å²) in [6, 6.07) is 0.523. The molecule has 0 aromatic heterocycles. The van der Waals surface area contributed by atoms with Gasteiger partial charge in [-0.05, 0) is 45.2 Å². The fourth-order valence-corrected chi connectivity index (χ4v) is 1.78. The summed E-state index contributed by atoms with van der Waals surface area (Å²) in [5.74, 6) is 0. The molecule has 0 aliphatic carbocycles. The number of unbranched alkanes of at least 4 members (excludes halogenated alkanes) is 1. The summed E-state index contributed by atoms with van der Waals surface area (Å²) in [6.07, 6.45) is 3.61. The normalized spacial score (nSPS) is 12.8. The summed E-state index contributed by atoms with van der Waals surface area (Å²) < 4.78 is 0. The van der Waals surface area contributed by atoms with Gasteiger partial charge in [0.1, 0.15) is 0 Å². The molecular weight excluding hydrogens is 200 g/mol. The van der Waals surface area contributed by atoms with E-state index < -0.39 is 0 Å². The van der Waals surface area contributed by atoms with Crippen LogP contribution in [0.3, 0.4) is 0 Å². The first-order chi connectivity index (χ1) is 7.43. The Hall–Kier alpha value is -0.120. The first kappa shape index (κ1) is 15.9. The molecule has 0 amide bonds. The van der Waals surface area contributed by atoms with E-state index in [9.17, 15) is 0 Å². The predicted octanol–water partition coefficient (Wildman–Crippen LogP) is 1.84. The standard InChI is InChI=1S/C13H30N2O/c1-12(2)15(9-10-16)8-6-5-7-13(3,4)11-14/h12,16H,5-11,14H2,1-4H3. The minimum atomic E-state index is 0.256. The molecular formula is C13H30N2O. The molecule has 0 heterocycles. The van der Waals surface area contributed by atoms with Gasteiger partial charge in [-0.2, -0.15) is 0 Å². The van der Waals surface area contributed by atoms with Crippen molar-refractivity contribution in [3.8, 4) is 0 Å². The topological polar surface area (TPSA) is 49.5 Å². The van der Waals surface area contributed by atoms with E-state index in [4.69, 9.17) is 10.8 Å². The van der Waals surface area contributed by atoms with Crippen LogP contribution in [0.15, 0.2) is 0 Å². The van der Waals surface area contributed by atoms with Gasteiger partial charge in [-0.25, -0.2) is 0 Å². The maximum atomic E-state index is 8.95. The first-order valence-electron chi connectivity index (χ1n) is 6.48. The van der Waals surface area contributed by atoms with E-state index in [1.165, 1.54) is 19.3 Å². The lowest BCUT2D eigenvalue weighted by molar-refractivity contribution is 0.161. The van der Waals surface area contributed by atoms with Crippen LogP contribution >= 0.6 is 0 Å². The number of hydrogen-bond donors (Lipinski definition) is 2. The van der Waals surface area contributed by atoms with Crippen molar-refractivity contribution in [1.82, 2.24) is 4.90 Å². The number of rotatable bonds is 9. The van der Waals surface area contributed by atoms with Crippen molar-refractivity contribution >= 4 is 0 Å². The van der Waals surface area contributed by atoms with Crippen LogP contribution in [0.4, 0.5) is 0 Å². The molecule has 0 aromatic rings. The molecule has 0 fully saturated rings. The van der Waals surface area contributed by atoms with Crippen LogP contribution in [-0.2, 0) is 0 Å². The van der Waals surface area contributed by atoms with Gasteiger partial charge in [-0.1, -0.05) is 20.3 Å². The van der Waals surface area contributed by atoms with Crippen molar-refractivity contribution in [3.05, 3.63) is 0 Å². The fraction of sp³-hybridized carbons (Fsp3) is 1.00. The van der Waals surface area contributed by atoms with Crippen LogP contribution in [0.2, 0.25) is 0 Å². The second-order valence-corrected chi connectivity index (χ2v) is 5.68. The molecule has 3 heteroatoms. The van der Waals surface area contributed by atoms with Crippen LogP contribution in [-0.4, -0.2) is 42.3 Å². The minimum absolute atomic E-state index is 0.256. The summed E-state index contributed by atoms with van der Waals surface area (Å²) in [4.78, 5) is 2.33. The van der Waals surface area contributed by atoms with E-state index in [-0.39, 0.29) is 12.0 Å². The van der Waals surface area contributed by atoms with E-state index in [1.54, 1.807) is 0 Å². The smallest absolute Gasteiger partial charge is 0.0558 e. The largest absolute Gasteiger partial charge is 0.395 e. The number of nitrogens with two attached hydrogens (primary N) is 1. The summed E-state index contributed by atoms with van der Waals surface area (Å²) in [7, 11) is 0. The van der Waals surface area contributed by atoms with E-state index in [0.29, 0.717) is 6.04 Å². The maximum Gasteiger partial charge on any atom is 0.0558 e. The van der Waals surface area contributed by atoms with Gasteiger partial charge < -0.3 is 10.8 Å². The molecule has 0 bridgehead atoms. The Labute approximate surface area is 101 Å². The van der Waals surface area contributed by atoms with Gasteiger partial charge in [0.25, 0.3) is 0 Å². The summed E-state index contributed by atoms with van der Waals surface area (Å²) >= 11 is 0. The predicted molar refractivity (Wildman–Crippen MR) is 70.5 cm³/mol. The van der Waals surface area contributed by atoms with Gasteiger partial charge in [-0.3, -0.25) is 4.90 Å². The number of hydrogen-bond acceptors (Lipinski definition) is 3. The second-order valence-electron chi connectivity index (χ2n) is 5.68. The Morgan fingerprint density at radius 2 is 1.81 bits per heavy atom. The third-order valence-corrected chi connectivity index (χ3v) is 3.22. The van der Waals surface area contributed by atoms with Crippen LogP contribution in [0, 0.1) is 5.41 Å². The molecule has 0 aliphatic heterocycles. The third-order valence-electron chi connectivity index (χ3n) is 3.22. The van der Waals surface area contributed by atoms with Crippen molar-refractivity contribution in [1.29, 1.82) is 0 Å². The molecule has 0 aromatic carbocycles. The quantitative estimate of drug-likeness (QED) is 0.594. The lowest BCUT2D eigenvalue weighted by atomic mass is 9.87. The molecule has 0 saturated heterocycles. The Balaban J connectivity index is 3.70. The molecule has 0 rings (SSSR count). The third kappa shape index (κ3) is 7.20. The average molecular weight is 230 g/mol. The number of nitrogens with zero attached hydrogens (tertiary/aromatic N) is 1. The highest BCUT2D eigenvalue weighted by Gasteiger charge is 2.15. The van der Waals surface area contributed by atoms with Gasteiger partial charge in [0.05, 0.1) is 6.61 Å². The molecule has 0 aliphatic rings. The number of aliphatic hydroxyl groups excluding tert-OH is 1. The Morgan fingerprint density at radius 3 is 2.25 bits per heavy atom. The summed E-state index contributed by atoms with van der Waals surface area (Å²) in [6.45, 7) is 11.7. The minimum Gasteiger partial charge on any atom is -0.395 e. The monoisotopic (exact) mass is 230 g/mol. The molecule has 0 atom stereocenters. The van der Waals surface area contributed by atoms with E-state index in [0.717, 1.165) is 19.6 Å². The van der Waals surface area contributed by atoms with Gasteiger partial charge in [0, 0.05) is 12.6 Å². The molecule has 0 unspecified atom stereocenters. The Morgan fingerprint density at radius 1 is 1.19 bits per heavy atom. The lowest BCUT2D eigenvalue weighted by Gasteiger charge is -2.27. The Kier molecular flexibility index (Phi) is 7.98. The van der Waals surface area contributed by atoms with E-state index in [2.05, 4.69) is 32.6 Å². The van der Waals surface area contributed by atoms with Crippen molar-refractivity contribution in [3.63, 3.8) is 0 Å². The van der Waals surface area contributed by atoms with Crippen LogP contribution < -0.4 is 5.73 Å². The van der Waals surface area contributed by atoms with Crippen LogP contribution in [0.25, 0.3) is 0 Å². The van der Waals surface area contributed by atoms with Crippen molar-refractivity contribution in [2.75, 3.05) is 26.2 Å². The highest BCUT2D eigenvalue weighted by Crippen LogP contribution is 2.21. The fourth-order valence-electron chi connectivity index (χ4n) is 1.78. The number of aliphatic hydroxyl groups is 1. The van der Waals surface area contributed by atoms with Crippen LogP contribution in [0.5, 0.6) is 0 Å². The summed E-state index contributed by atoms with van der Waals surface area (Å²) in [5, 5.41) is 8.95. The zero-order valence-corrected chi connectivity index (χ0v) is 11.5. The molecule has 98 valence electrons. The van der Waals surface area contributed by atoms with Gasteiger partial charge in [-0.15, -0.1) is 0 Å². The zero-order chi connectivity index (χ0) is 12.6. The molecule has 3 N–H and O–H groups in total. The van der Waals surface area contributed by atoms with Gasteiger partial charge >= 0.3 is 0 Å². The Bertz CT molecular complexity index is 169. The van der Waals surface area contributed by atoms with Crippen molar-refractivity contribution < 1.29 is 5.11 Å². The van der Waals surface area contributed by atoms with Gasteiger partial charge in [0.15, 0.2) is 0 Å². The van der Waals surface area contributed by atoms with Crippen molar-refractivity contribution in [2.45, 2.75) is 53.0 Å². The molecule has 3 nitrogen and oxygen atoms in total. The van der Waals surface area contributed by atoms with E-state index in [1.807, 2.05) is 0 Å². The maximum absolute atomic E-state index is 8.95. The zero-order valence-electron chi connectivity index (χ0n) is 11.5. The molecule has 0 saturated carbocycles. The second kappa shape index (κ2) is 8.04. The molecule has 0 radical (unpaired) electrons. The SMILES string of the molecule is CC(C)N(CCO)CCCCC(C)(C)CN.